The van der Waals surface area contributed by atoms with Gasteiger partial charge in [0, 0.05) is 19.6 Å². The maximum Gasteiger partial charge on any atom is 0.119 e. The van der Waals surface area contributed by atoms with Crippen molar-refractivity contribution < 1.29 is 9.84 Å². The number of ether oxygens (including phenoxy) is 1. The lowest BCUT2D eigenvalue weighted by Crippen LogP contribution is -2.32. The maximum absolute atomic E-state index is 10.5. The molecule has 1 aliphatic rings. The minimum absolute atomic E-state index is 0.169. The van der Waals surface area contributed by atoms with Gasteiger partial charge in [-0.3, -0.25) is 4.90 Å². The molecule has 0 aliphatic carbocycles. The average molecular weight is 325 g/mol. The highest BCUT2D eigenvalue weighted by molar-refractivity contribution is 5.30. The quantitative estimate of drug-likeness (QED) is 0.873. The highest BCUT2D eigenvalue weighted by Crippen LogP contribution is 2.23. The normalized spacial score (nSPS) is 16.0. The maximum atomic E-state index is 10.5. The van der Waals surface area contributed by atoms with E-state index in [-0.39, 0.29) is 6.10 Å². The zero-order chi connectivity index (χ0) is 16.9. The van der Waals surface area contributed by atoms with Crippen molar-refractivity contribution in [2.24, 2.45) is 0 Å². The Morgan fingerprint density at radius 2 is 1.75 bits per heavy atom. The molecule has 0 bridgehead atoms. The number of nitrogens with zero attached hydrogens (tertiary/aromatic N) is 1. The average Bonchev–Trinajstić information content (AvgIpc) is 2.59. The van der Waals surface area contributed by atoms with Gasteiger partial charge in [0.2, 0.25) is 0 Å². The summed E-state index contributed by atoms with van der Waals surface area (Å²) in [4.78, 5) is 2.43. The van der Waals surface area contributed by atoms with Crippen LogP contribution in [0.15, 0.2) is 48.5 Å². The summed E-state index contributed by atoms with van der Waals surface area (Å²) >= 11 is 0. The van der Waals surface area contributed by atoms with E-state index in [2.05, 4.69) is 29.2 Å². The molecular weight excluding hydrogens is 298 g/mol. The van der Waals surface area contributed by atoms with Gasteiger partial charge in [-0.25, -0.2) is 0 Å². The zero-order valence-corrected chi connectivity index (χ0v) is 14.6. The summed E-state index contributed by atoms with van der Waals surface area (Å²) in [5, 5.41) is 10.5. The van der Waals surface area contributed by atoms with Crippen molar-refractivity contribution in [1.29, 1.82) is 0 Å². The molecule has 0 fully saturated rings. The van der Waals surface area contributed by atoms with E-state index in [1.54, 1.807) is 0 Å². The van der Waals surface area contributed by atoms with Crippen LogP contribution in [0.3, 0.4) is 0 Å². The molecule has 0 saturated carbocycles. The topological polar surface area (TPSA) is 32.7 Å². The molecule has 0 aromatic heterocycles. The van der Waals surface area contributed by atoms with E-state index in [9.17, 15) is 5.11 Å². The van der Waals surface area contributed by atoms with Crippen molar-refractivity contribution in [3.63, 3.8) is 0 Å². The van der Waals surface area contributed by atoms with Crippen LogP contribution < -0.4 is 4.74 Å². The van der Waals surface area contributed by atoms with Gasteiger partial charge in [0.15, 0.2) is 0 Å². The summed E-state index contributed by atoms with van der Waals surface area (Å²) < 4.78 is 5.65. The second-order valence-corrected chi connectivity index (χ2v) is 6.83. The molecule has 0 saturated heterocycles. The predicted molar refractivity (Wildman–Crippen MR) is 97.2 cm³/mol. The predicted octanol–water partition coefficient (Wildman–Crippen LogP) is 3.96. The number of aliphatic hydroxyl groups is 1. The molecule has 0 amide bonds. The van der Waals surface area contributed by atoms with Crippen LogP contribution in [0.2, 0.25) is 0 Å². The van der Waals surface area contributed by atoms with E-state index in [1.165, 1.54) is 11.1 Å². The van der Waals surface area contributed by atoms with Crippen molar-refractivity contribution in [2.75, 3.05) is 13.1 Å². The fourth-order valence-electron chi connectivity index (χ4n) is 3.26. The molecule has 1 aliphatic heterocycles. The van der Waals surface area contributed by atoms with E-state index in [0.717, 1.165) is 43.8 Å². The van der Waals surface area contributed by atoms with Gasteiger partial charge in [-0.05, 0) is 55.5 Å². The van der Waals surface area contributed by atoms with E-state index >= 15 is 0 Å². The molecule has 1 atom stereocenters. The Kier molecular flexibility index (Phi) is 5.54. The lowest BCUT2D eigenvalue weighted by Gasteiger charge is -2.29. The Morgan fingerprint density at radius 3 is 2.46 bits per heavy atom. The van der Waals surface area contributed by atoms with Crippen LogP contribution in [0, 0.1) is 0 Å². The first-order valence-corrected chi connectivity index (χ1v) is 8.85. The molecule has 3 rings (SSSR count). The zero-order valence-electron chi connectivity index (χ0n) is 14.6. The molecule has 3 nitrogen and oxygen atoms in total. The fraction of sp³-hybridized carbons (Fsp3) is 0.429. The summed E-state index contributed by atoms with van der Waals surface area (Å²) in [6.45, 7) is 7.01. The number of benzene rings is 2. The molecule has 0 radical (unpaired) electrons. The molecule has 24 heavy (non-hydrogen) atoms. The van der Waals surface area contributed by atoms with Gasteiger partial charge in [-0.15, -0.1) is 0 Å². The molecule has 2 aromatic rings. The summed E-state index contributed by atoms with van der Waals surface area (Å²) in [5.41, 5.74) is 3.85. The highest BCUT2D eigenvalue weighted by Gasteiger charge is 2.17. The van der Waals surface area contributed by atoms with Crippen LogP contribution in [0.1, 0.15) is 43.1 Å². The van der Waals surface area contributed by atoms with Crippen LogP contribution in [-0.4, -0.2) is 29.2 Å². The smallest absolute Gasteiger partial charge is 0.119 e. The van der Waals surface area contributed by atoms with Gasteiger partial charge in [0.25, 0.3) is 0 Å². The van der Waals surface area contributed by atoms with Crippen LogP contribution in [-0.2, 0) is 13.0 Å². The van der Waals surface area contributed by atoms with Gasteiger partial charge in [0.05, 0.1) is 12.2 Å². The number of hydrogen-bond donors (Lipinski definition) is 1. The number of rotatable bonds is 6. The number of hydrogen-bond acceptors (Lipinski definition) is 3. The first-order valence-electron chi connectivity index (χ1n) is 8.85. The largest absolute Gasteiger partial charge is 0.491 e. The van der Waals surface area contributed by atoms with Crippen molar-refractivity contribution >= 4 is 0 Å². The minimum atomic E-state index is -0.421. The molecule has 0 spiro atoms. The van der Waals surface area contributed by atoms with Gasteiger partial charge in [-0.2, -0.15) is 0 Å². The lowest BCUT2D eigenvalue weighted by atomic mass is 9.99. The van der Waals surface area contributed by atoms with Gasteiger partial charge < -0.3 is 9.84 Å². The summed E-state index contributed by atoms with van der Waals surface area (Å²) in [5.74, 6) is 0.855. The molecule has 1 N–H and O–H groups in total. The fourth-order valence-corrected chi connectivity index (χ4v) is 3.26. The van der Waals surface area contributed by atoms with Crippen LogP contribution in [0.25, 0.3) is 0 Å². The Balaban J connectivity index is 1.51. The molecule has 128 valence electrons. The lowest BCUT2D eigenvalue weighted by molar-refractivity contribution is 0.137. The molecule has 3 heteroatoms. The Labute approximate surface area is 144 Å². The standard InChI is InChI=1S/C21H27NO2/c1-16(2)24-20-9-7-18(8-10-20)21(23)12-14-22-13-11-17-5-3-4-6-19(17)15-22/h3-10,16,21,23H,11-15H2,1-2H3. The summed E-state index contributed by atoms with van der Waals surface area (Å²) in [6.07, 6.45) is 1.61. The third-order valence-electron chi connectivity index (χ3n) is 4.57. The van der Waals surface area contributed by atoms with E-state index < -0.39 is 6.10 Å². The third-order valence-corrected chi connectivity index (χ3v) is 4.57. The van der Waals surface area contributed by atoms with Crippen LogP contribution in [0.4, 0.5) is 0 Å². The van der Waals surface area contributed by atoms with Gasteiger partial charge in [-0.1, -0.05) is 36.4 Å². The molecule has 2 aromatic carbocycles. The molecule has 1 heterocycles. The van der Waals surface area contributed by atoms with Crippen molar-refractivity contribution in [2.45, 2.75) is 45.4 Å². The third kappa shape index (κ3) is 4.37. The summed E-state index contributed by atoms with van der Waals surface area (Å²) in [6, 6.07) is 16.5. The van der Waals surface area contributed by atoms with Crippen LogP contribution in [0.5, 0.6) is 5.75 Å². The van der Waals surface area contributed by atoms with E-state index in [4.69, 9.17) is 4.74 Å². The Bertz CT molecular complexity index is 651. The first kappa shape index (κ1) is 17.0. The Hall–Kier alpha value is -1.84. The van der Waals surface area contributed by atoms with Crippen molar-refractivity contribution in [3.8, 4) is 5.75 Å². The van der Waals surface area contributed by atoms with Crippen molar-refractivity contribution in [3.05, 3.63) is 65.2 Å². The number of fused-ring (bicyclic) bond motifs is 1. The second-order valence-electron chi connectivity index (χ2n) is 6.83. The molecular formula is C21H27NO2. The van der Waals surface area contributed by atoms with Crippen LogP contribution >= 0.6 is 0 Å². The van der Waals surface area contributed by atoms with E-state index in [0.29, 0.717) is 0 Å². The minimum Gasteiger partial charge on any atom is -0.491 e. The van der Waals surface area contributed by atoms with Crippen molar-refractivity contribution in [1.82, 2.24) is 4.90 Å². The SMILES string of the molecule is CC(C)Oc1ccc(C(O)CCN2CCc3ccccc3C2)cc1. The highest BCUT2D eigenvalue weighted by atomic mass is 16.5. The number of aliphatic hydroxyl groups excluding tert-OH is 1. The first-order chi connectivity index (χ1) is 11.6. The van der Waals surface area contributed by atoms with Gasteiger partial charge in [0.1, 0.15) is 5.75 Å². The monoisotopic (exact) mass is 325 g/mol. The summed E-state index contributed by atoms with van der Waals surface area (Å²) in [7, 11) is 0. The van der Waals surface area contributed by atoms with Gasteiger partial charge >= 0.3 is 0 Å². The second kappa shape index (κ2) is 7.82. The molecule has 1 unspecified atom stereocenters. The Morgan fingerprint density at radius 1 is 1.04 bits per heavy atom. The van der Waals surface area contributed by atoms with E-state index in [1.807, 2.05) is 38.1 Å².